The predicted octanol–water partition coefficient (Wildman–Crippen LogP) is 3.16. The summed E-state index contributed by atoms with van der Waals surface area (Å²) in [7, 11) is 1.65. The van der Waals surface area contributed by atoms with Crippen LogP contribution in [0.15, 0.2) is 18.2 Å². The van der Waals surface area contributed by atoms with Crippen LogP contribution in [0.3, 0.4) is 0 Å². The van der Waals surface area contributed by atoms with Crippen LogP contribution in [0.1, 0.15) is 18.8 Å². The average molecular weight is 271 g/mol. The quantitative estimate of drug-likeness (QED) is 0.781. The number of rotatable bonds is 5. The first-order valence-electron chi connectivity index (χ1n) is 5.88. The molecule has 0 bridgehead atoms. The normalized spacial score (nSPS) is 13.1. The van der Waals surface area contributed by atoms with Gasteiger partial charge in [0.05, 0.1) is 23.7 Å². The second-order valence-electron chi connectivity index (χ2n) is 4.27. The largest absolute Gasteiger partial charge is 0.383 e. The first-order chi connectivity index (χ1) is 8.67. The summed E-state index contributed by atoms with van der Waals surface area (Å²) in [6.07, 6.45) is 0.659. The van der Waals surface area contributed by atoms with E-state index < -0.39 is 0 Å². The van der Waals surface area contributed by atoms with Crippen LogP contribution in [0, 0.1) is 5.82 Å². The first-order valence-corrected chi connectivity index (χ1v) is 6.42. The lowest BCUT2D eigenvalue weighted by molar-refractivity contribution is 0.162. The summed E-state index contributed by atoms with van der Waals surface area (Å²) in [4.78, 5) is 4.50. The number of imidazole rings is 1. The third-order valence-corrected chi connectivity index (χ3v) is 3.08. The van der Waals surface area contributed by atoms with Crippen molar-refractivity contribution in [3.05, 3.63) is 29.8 Å². The average Bonchev–Trinajstić information content (AvgIpc) is 2.67. The molecule has 1 atom stereocenters. The second kappa shape index (κ2) is 5.67. The number of methoxy groups -OCH3 is 1. The van der Waals surface area contributed by atoms with Crippen molar-refractivity contribution in [2.75, 3.05) is 19.6 Å². The van der Waals surface area contributed by atoms with Crippen LogP contribution in [0.2, 0.25) is 0 Å². The second-order valence-corrected chi connectivity index (χ2v) is 4.65. The molecular weight excluding hydrogens is 255 g/mol. The van der Waals surface area contributed by atoms with Crippen LogP contribution in [-0.2, 0) is 11.2 Å². The molecule has 1 aromatic heterocycles. The van der Waals surface area contributed by atoms with E-state index in [1.807, 2.05) is 11.5 Å². The molecule has 0 saturated heterocycles. The molecule has 0 N–H and O–H groups in total. The van der Waals surface area contributed by atoms with Crippen molar-refractivity contribution < 1.29 is 9.13 Å². The van der Waals surface area contributed by atoms with E-state index in [0.717, 1.165) is 16.9 Å². The summed E-state index contributed by atoms with van der Waals surface area (Å²) >= 11 is 5.79. The molecule has 0 spiro atoms. The van der Waals surface area contributed by atoms with Crippen LogP contribution in [0.4, 0.5) is 4.39 Å². The number of nitrogens with zero attached hydrogens (tertiary/aromatic N) is 2. The van der Waals surface area contributed by atoms with Crippen LogP contribution >= 0.6 is 11.6 Å². The van der Waals surface area contributed by atoms with E-state index in [1.165, 1.54) is 12.1 Å². The molecule has 98 valence electrons. The van der Waals surface area contributed by atoms with Gasteiger partial charge in [-0.2, -0.15) is 0 Å². The van der Waals surface area contributed by atoms with Gasteiger partial charge in [-0.25, -0.2) is 9.37 Å². The van der Waals surface area contributed by atoms with Crippen molar-refractivity contribution in [3.63, 3.8) is 0 Å². The standard InChI is InChI=1S/C13H16ClFN2O/c1-9(8-18-2)17-12-7-10(15)3-4-11(12)16-13(17)5-6-14/h3-4,7,9H,5-6,8H2,1-2H3. The van der Waals surface area contributed by atoms with Gasteiger partial charge in [0.25, 0.3) is 0 Å². The Bertz CT molecular complexity index is 541. The van der Waals surface area contributed by atoms with Crippen molar-refractivity contribution in [1.82, 2.24) is 9.55 Å². The molecule has 18 heavy (non-hydrogen) atoms. The summed E-state index contributed by atoms with van der Waals surface area (Å²) in [5.74, 6) is 1.10. The number of fused-ring (bicyclic) bond motifs is 1. The van der Waals surface area contributed by atoms with Crippen LogP contribution in [-0.4, -0.2) is 29.1 Å². The van der Waals surface area contributed by atoms with Crippen molar-refractivity contribution in [2.24, 2.45) is 0 Å². The van der Waals surface area contributed by atoms with Gasteiger partial charge in [-0.1, -0.05) is 0 Å². The minimum atomic E-state index is -0.259. The zero-order valence-electron chi connectivity index (χ0n) is 10.5. The minimum Gasteiger partial charge on any atom is -0.383 e. The van der Waals surface area contributed by atoms with E-state index in [-0.39, 0.29) is 11.9 Å². The highest BCUT2D eigenvalue weighted by Gasteiger charge is 2.15. The van der Waals surface area contributed by atoms with E-state index in [0.29, 0.717) is 18.9 Å². The Hall–Kier alpha value is -1.13. The number of aromatic nitrogens is 2. The maximum Gasteiger partial charge on any atom is 0.125 e. The molecule has 1 heterocycles. The molecule has 2 aromatic rings. The van der Waals surface area contributed by atoms with Crippen molar-refractivity contribution in [3.8, 4) is 0 Å². The molecule has 1 aromatic carbocycles. The molecule has 0 saturated carbocycles. The minimum absolute atomic E-state index is 0.0972. The lowest BCUT2D eigenvalue weighted by Gasteiger charge is -2.16. The predicted molar refractivity (Wildman–Crippen MR) is 70.7 cm³/mol. The zero-order chi connectivity index (χ0) is 13.1. The summed E-state index contributed by atoms with van der Waals surface area (Å²) in [5.41, 5.74) is 1.58. The van der Waals surface area contributed by atoms with E-state index in [1.54, 1.807) is 13.2 Å². The SMILES string of the molecule is COCC(C)n1c(CCCl)nc2ccc(F)cc21. The van der Waals surface area contributed by atoms with Gasteiger partial charge in [0.1, 0.15) is 11.6 Å². The van der Waals surface area contributed by atoms with E-state index in [4.69, 9.17) is 16.3 Å². The molecule has 0 aliphatic rings. The molecule has 1 unspecified atom stereocenters. The monoisotopic (exact) mass is 270 g/mol. The van der Waals surface area contributed by atoms with Crippen LogP contribution < -0.4 is 0 Å². The van der Waals surface area contributed by atoms with Gasteiger partial charge < -0.3 is 9.30 Å². The molecule has 0 aliphatic heterocycles. The van der Waals surface area contributed by atoms with Crippen molar-refractivity contribution >= 4 is 22.6 Å². The highest BCUT2D eigenvalue weighted by atomic mass is 35.5. The Kier molecular flexibility index (Phi) is 4.19. The van der Waals surface area contributed by atoms with Gasteiger partial charge in [-0.15, -0.1) is 11.6 Å². The Morgan fingerprint density at radius 2 is 2.28 bits per heavy atom. The fourth-order valence-electron chi connectivity index (χ4n) is 2.18. The number of hydrogen-bond donors (Lipinski definition) is 0. The van der Waals surface area contributed by atoms with Crippen molar-refractivity contribution in [1.29, 1.82) is 0 Å². The zero-order valence-corrected chi connectivity index (χ0v) is 11.2. The summed E-state index contributed by atoms with van der Waals surface area (Å²) in [6.45, 7) is 2.57. The Morgan fingerprint density at radius 3 is 2.94 bits per heavy atom. The molecule has 5 heteroatoms. The molecule has 0 fully saturated rings. The number of benzene rings is 1. The molecule has 2 rings (SSSR count). The summed E-state index contributed by atoms with van der Waals surface area (Å²) < 4.78 is 20.5. The maximum atomic E-state index is 13.4. The van der Waals surface area contributed by atoms with Gasteiger partial charge >= 0.3 is 0 Å². The molecular formula is C13H16ClFN2O. The van der Waals surface area contributed by atoms with E-state index in [2.05, 4.69) is 4.98 Å². The highest BCUT2D eigenvalue weighted by Crippen LogP contribution is 2.23. The van der Waals surface area contributed by atoms with E-state index in [9.17, 15) is 4.39 Å². The number of aryl methyl sites for hydroxylation is 1. The highest BCUT2D eigenvalue weighted by molar-refractivity contribution is 6.17. The molecule has 0 radical (unpaired) electrons. The molecule has 0 aliphatic carbocycles. The Labute approximate surface area is 111 Å². The van der Waals surface area contributed by atoms with Gasteiger partial charge in [0, 0.05) is 19.4 Å². The summed E-state index contributed by atoms with van der Waals surface area (Å²) in [5, 5.41) is 0. The Balaban J connectivity index is 2.56. The molecule has 0 amide bonds. The van der Waals surface area contributed by atoms with Crippen LogP contribution in [0.5, 0.6) is 0 Å². The van der Waals surface area contributed by atoms with Crippen LogP contribution in [0.25, 0.3) is 11.0 Å². The fraction of sp³-hybridized carbons (Fsp3) is 0.462. The molecule has 3 nitrogen and oxygen atoms in total. The summed E-state index contributed by atoms with van der Waals surface area (Å²) in [6, 6.07) is 4.72. The van der Waals surface area contributed by atoms with Gasteiger partial charge in [-0.3, -0.25) is 0 Å². The lowest BCUT2D eigenvalue weighted by atomic mass is 10.2. The fourth-order valence-corrected chi connectivity index (χ4v) is 2.35. The topological polar surface area (TPSA) is 27.1 Å². The van der Waals surface area contributed by atoms with E-state index >= 15 is 0 Å². The van der Waals surface area contributed by atoms with Gasteiger partial charge in [-0.05, 0) is 25.1 Å². The number of hydrogen-bond acceptors (Lipinski definition) is 2. The first kappa shape index (κ1) is 13.3. The smallest absolute Gasteiger partial charge is 0.125 e. The number of ether oxygens (including phenoxy) is 1. The maximum absolute atomic E-state index is 13.4. The third-order valence-electron chi connectivity index (χ3n) is 2.89. The van der Waals surface area contributed by atoms with Gasteiger partial charge in [0.2, 0.25) is 0 Å². The number of halogens is 2. The number of alkyl halides is 1. The lowest BCUT2D eigenvalue weighted by Crippen LogP contribution is -2.14. The van der Waals surface area contributed by atoms with Crippen molar-refractivity contribution in [2.45, 2.75) is 19.4 Å². The third kappa shape index (κ3) is 2.49. The van der Waals surface area contributed by atoms with Gasteiger partial charge in [0.15, 0.2) is 0 Å². The Morgan fingerprint density at radius 1 is 1.50 bits per heavy atom.